The fraction of sp³-hybridized carbons (Fsp3) is 0.467. The first-order chi connectivity index (χ1) is 8.20. The maximum absolute atomic E-state index is 2.47. The van der Waals surface area contributed by atoms with Gasteiger partial charge in [-0.2, -0.15) is 0 Å². The summed E-state index contributed by atoms with van der Waals surface area (Å²) in [7, 11) is 2.19. The summed E-state index contributed by atoms with van der Waals surface area (Å²) < 4.78 is 0. The van der Waals surface area contributed by atoms with E-state index in [2.05, 4.69) is 61.0 Å². The van der Waals surface area contributed by atoms with Crippen LogP contribution in [0.25, 0.3) is 5.57 Å². The topological polar surface area (TPSA) is 6.48 Å². The minimum Gasteiger partial charge on any atom is -0.369 e. The van der Waals surface area contributed by atoms with Gasteiger partial charge in [0.25, 0.3) is 0 Å². The number of hydrogen-bond acceptors (Lipinski definition) is 2. The molecule has 0 aliphatic carbocycles. The standard InChI is InChI=1S/C15H22N2/c1-4-13(2)14-5-7-15(8-6-14)17-11-9-16(3)10-12-17/h4-8H,9-12H2,1-3H3/b13-4-. The van der Waals surface area contributed by atoms with Gasteiger partial charge in [0.15, 0.2) is 0 Å². The zero-order chi connectivity index (χ0) is 12.3. The second-order valence-corrected chi connectivity index (χ2v) is 4.81. The summed E-state index contributed by atoms with van der Waals surface area (Å²) in [6, 6.07) is 8.94. The van der Waals surface area contributed by atoms with Gasteiger partial charge in [-0.1, -0.05) is 18.2 Å². The van der Waals surface area contributed by atoms with Gasteiger partial charge >= 0.3 is 0 Å². The zero-order valence-electron chi connectivity index (χ0n) is 11.1. The third-order valence-corrected chi connectivity index (χ3v) is 3.62. The molecule has 0 saturated carbocycles. The lowest BCUT2D eigenvalue weighted by molar-refractivity contribution is 0.313. The molecule has 0 unspecified atom stereocenters. The Morgan fingerprint density at radius 2 is 1.65 bits per heavy atom. The molecule has 1 aliphatic heterocycles. The second kappa shape index (κ2) is 5.37. The molecule has 0 radical (unpaired) electrons. The molecule has 0 N–H and O–H groups in total. The van der Waals surface area contributed by atoms with Crippen LogP contribution in [0.5, 0.6) is 0 Å². The summed E-state index contributed by atoms with van der Waals surface area (Å²) in [5.41, 5.74) is 4.02. The average Bonchev–Trinajstić information content (AvgIpc) is 2.39. The van der Waals surface area contributed by atoms with Crippen LogP contribution in [0, 0.1) is 0 Å². The lowest BCUT2D eigenvalue weighted by Crippen LogP contribution is -2.44. The van der Waals surface area contributed by atoms with Crippen LogP contribution in [0.3, 0.4) is 0 Å². The molecule has 2 rings (SSSR count). The van der Waals surface area contributed by atoms with Crippen molar-refractivity contribution in [3.05, 3.63) is 35.9 Å². The van der Waals surface area contributed by atoms with Crippen LogP contribution in [-0.2, 0) is 0 Å². The van der Waals surface area contributed by atoms with Crippen molar-refractivity contribution in [1.82, 2.24) is 4.90 Å². The van der Waals surface area contributed by atoms with Crippen LogP contribution < -0.4 is 4.90 Å². The summed E-state index contributed by atoms with van der Waals surface area (Å²) in [6.07, 6.45) is 2.16. The summed E-state index contributed by atoms with van der Waals surface area (Å²) in [5.74, 6) is 0. The highest BCUT2D eigenvalue weighted by atomic mass is 15.2. The van der Waals surface area contributed by atoms with Crippen molar-refractivity contribution in [2.75, 3.05) is 38.1 Å². The van der Waals surface area contributed by atoms with Crippen molar-refractivity contribution in [2.45, 2.75) is 13.8 Å². The number of allylic oxidation sites excluding steroid dienone is 2. The van der Waals surface area contributed by atoms with E-state index in [1.54, 1.807) is 0 Å². The Hall–Kier alpha value is -1.28. The Morgan fingerprint density at radius 1 is 1.06 bits per heavy atom. The molecular formula is C15H22N2. The molecule has 1 fully saturated rings. The van der Waals surface area contributed by atoms with Crippen LogP contribution >= 0.6 is 0 Å². The van der Waals surface area contributed by atoms with Crippen LogP contribution in [0.4, 0.5) is 5.69 Å². The summed E-state index contributed by atoms with van der Waals surface area (Å²) in [6.45, 7) is 8.84. The van der Waals surface area contributed by atoms with E-state index in [-0.39, 0.29) is 0 Å². The quantitative estimate of drug-likeness (QED) is 0.771. The Bertz CT molecular complexity index is 384. The van der Waals surface area contributed by atoms with Crippen LogP contribution in [0.15, 0.2) is 30.3 Å². The molecule has 1 aromatic rings. The number of likely N-dealkylation sites (N-methyl/N-ethyl adjacent to an activating group) is 1. The Labute approximate surface area is 105 Å². The molecule has 1 heterocycles. The molecule has 2 nitrogen and oxygen atoms in total. The number of rotatable bonds is 2. The zero-order valence-corrected chi connectivity index (χ0v) is 11.1. The predicted molar refractivity (Wildman–Crippen MR) is 75.5 cm³/mol. The van der Waals surface area contributed by atoms with E-state index in [9.17, 15) is 0 Å². The third-order valence-electron chi connectivity index (χ3n) is 3.62. The maximum Gasteiger partial charge on any atom is 0.0367 e. The van der Waals surface area contributed by atoms with Gasteiger partial charge in [-0.05, 0) is 44.2 Å². The molecule has 0 atom stereocenters. The van der Waals surface area contributed by atoms with Gasteiger partial charge in [-0.25, -0.2) is 0 Å². The van der Waals surface area contributed by atoms with Crippen molar-refractivity contribution in [1.29, 1.82) is 0 Å². The smallest absolute Gasteiger partial charge is 0.0367 e. The summed E-state index contributed by atoms with van der Waals surface area (Å²) in [4.78, 5) is 4.85. The maximum atomic E-state index is 2.47. The van der Waals surface area contributed by atoms with E-state index in [4.69, 9.17) is 0 Å². The van der Waals surface area contributed by atoms with Gasteiger partial charge in [-0.3, -0.25) is 0 Å². The van der Waals surface area contributed by atoms with Crippen molar-refractivity contribution >= 4 is 11.3 Å². The molecule has 0 spiro atoms. The molecular weight excluding hydrogens is 208 g/mol. The highest BCUT2D eigenvalue weighted by molar-refractivity contribution is 5.65. The van der Waals surface area contributed by atoms with Gasteiger partial charge in [0.1, 0.15) is 0 Å². The van der Waals surface area contributed by atoms with Crippen LogP contribution in [0.1, 0.15) is 19.4 Å². The van der Waals surface area contributed by atoms with E-state index in [0.29, 0.717) is 0 Å². The molecule has 17 heavy (non-hydrogen) atoms. The molecule has 2 heteroatoms. The monoisotopic (exact) mass is 230 g/mol. The lowest BCUT2D eigenvalue weighted by Gasteiger charge is -2.34. The van der Waals surface area contributed by atoms with Crippen molar-refractivity contribution in [2.24, 2.45) is 0 Å². The number of anilines is 1. The number of nitrogens with zero attached hydrogens (tertiary/aromatic N) is 2. The van der Waals surface area contributed by atoms with Crippen molar-refractivity contribution in [3.8, 4) is 0 Å². The van der Waals surface area contributed by atoms with E-state index in [1.807, 2.05) is 0 Å². The Morgan fingerprint density at radius 3 is 2.18 bits per heavy atom. The molecule has 1 saturated heterocycles. The first-order valence-electron chi connectivity index (χ1n) is 6.37. The van der Waals surface area contributed by atoms with E-state index in [1.165, 1.54) is 16.8 Å². The first kappa shape index (κ1) is 12.2. The number of benzene rings is 1. The lowest BCUT2D eigenvalue weighted by atomic mass is 10.1. The van der Waals surface area contributed by atoms with Crippen molar-refractivity contribution in [3.63, 3.8) is 0 Å². The largest absolute Gasteiger partial charge is 0.369 e. The number of hydrogen-bond donors (Lipinski definition) is 0. The molecule has 0 amide bonds. The van der Waals surface area contributed by atoms with Crippen LogP contribution in [-0.4, -0.2) is 38.1 Å². The average molecular weight is 230 g/mol. The Kier molecular flexibility index (Phi) is 3.85. The highest BCUT2D eigenvalue weighted by Gasteiger charge is 2.13. The fourth-order valence-corrected chi connectivity index (χ4v) is 2.17. The van der Waals surface area contributed by atoms with Gasteiger partial charge < -0.3 is 9.80 Å². The van der Waals surface area contributed by atoms with Gasteiger partial charge in [-0.15, -0.1) is 0 Å². The van der Waals surface area contributed by atoms with Crippen molar-refractivity contribution < 1.29 is 0 Å². The molecule has 92 valence electrons. The van der Waals surface area contributed by atoms with E-state index < -0.39 is 0 Å². The SMILES string of the molecule is C/C=C(/C)c1ccc(N2CCN(C)CC2)cc1. The normalized spacial score (nSPS) is 18.5. The molecule has 1 aliphatic rings. The fourth-order valence-electron chi connectivity index (χ4n) is 2.17. The van der Waals surface area contributed by atoms with Gasteiger partial charge in [0, 0.05) is 31.9 Å². The second-order valence-electron chi connectivity index (χ2n) is 4.81. The van der Waals surface area contributed by atoms with Gasteiger partial charge in [0.05, 0.1) is 0 Å². The Balaban J connectivity index is 2.08. The minimum atomic E-state index is 1.14. The summed E-state index contributed by atoms with van der Waals surface area (Å²) >= 11 is 0. The van der Waals surface area contributed by atoms with E-state index >= 15 is 0 Å². The highest BCUT2D eigenvalue weighted by Crippen LogP contribution is 2.20. The van der Waals surface area contributed by atoms with Gasteiger partial charge in [0.2, 0.25) is 0 Å². The third kappa shape index (κ3) is 2.89. The summed E-state index contributed by atoms with van der Waals surface area (Å²) in [5, 5.41) is 0. The predicted octanol–water partition coefficient (Wildman–Crippen LogP) is 2.86. The minimum absolute atomic E-state index is 1.14. The van der Waals surface area contributed by atoms with Crippen LogP contribution in [0.2, 0.25) is 0 Å². The first-order valence-corrected chi connectivity index (χ1v) is 6.37. The molecule has 0 bridgehead atoms. The number of piperazine rings is 1. The molecule has 0 aromatic heterocycles. The molecule has 1 aromatic carbocycles. The van der Waals surface area contributed by atoms with E-state index in [0.717, 1.165) is 26.2 Å².